The van der Waals surface area contributed by atoms with Gasteiger partial charge in [0.25, 0.3) is 5.91 Å². The molecule has 9 nitrogen and oxygen atoms in total. The van der Waals surface area contributed by atoms with Crippen LogP contribution in [0.4, 0.5) is 18.9 Å². The number of carboxylic acid groups (broad SMARTS) is 1. The number of hydrogen-bond acceptors (Lipinski definition) is 5. The number of imidazole rings is 1. The molecule has 0 fully saturated rings. The van der Waals surface area contributed by atoms with Crippen molar-refractivity contribution in [2.24, 2.45) is 0 Å². The number of aromatic nitrogens is 5. The standard InChI is InChI=1S/C21H13Cl2F3N6O3/c22-14-6-10(2-3-12(14)20(34)35)30-19(33)18-28-8-11(29-18)5-13-16(9-1-4-15(23)27-7-9)31-32-17(13)21(24,25)26/h1-4,6-8H,5H2,(H,28,29)(H,30,33)(H,31,32)(H,34,35). The number of aromatic carboxylic acids is 1. The van der Waals surface area contributed by atoms with Gasteiger partial charge in [-0.2, -0.15) is 18.3 Å². The van der Waals surface area contributed by atoms with Gasteiger partial charge in [0.1, 0.15) is 10.8 Å². The Morgan fingerprint density at radius 3 is 2.49 bits per heavy atom. The van der Waals surface area contributed by atoms with Gasteiger partial charge in [-0.05, 0) is 30.3 Å². The zero-order valence-corrected chi connectivity index (χ0v) is 18.8. The highest BCUT2D eigenvalue weighted by Gasteiger charge is 2.37. The highest BCUT2D eigenvalue weighted by Crippen LogP contribution is 2.36. The number of anilines is 1. The minimum Gasteiger partial charge on any atom is -0.478 e. The lowest BCUT2D eigenvalue weighted by molar-refractivity contribution is -0.141. The van der Waals surface area contributed by atoms with E-state index < -0.39 is 23.7 Å². The second-order valence-corrected chi connectivity index (χ2v) is 7.98. The first-order valence-corrected chi connectivity index (χ1v) is 10.4. The molecule has 4 N–H and O–H groups in total. The molecule has 14 heteroatoms. The molecule has 1 aromatic carbocycles. The zero-order chi connectivity index (χ0) is 25.3. The number of H-pyrrole nitrogens is 2. The minimum atomic E-state index is -4.71. The number of halogens is 5. The molecule has 0 radical (unpaired) electrons. The number of nitrogens with one attached hydrogen (secondary N) is 3. The largest absolute Gasteiger partial charge is 0.478 e. The van der Waals surface area contributed by atoms with Crippen LogP contribution in [-0.2, 0) is 12.6 Å². The maximum atomic E-state index is 13.6. The van der Waals surface area contributed by atoms with Crippen molar-refractivity contribution in [3.8, 4) is 11.3 Å². The van der Waals surface area contributed by atoms with Gasteiger partial charge < -0.3 is 15.4 Å². The molecule has 0 aliphatic carbocycles. The van der Waals surface area contributed by atoms with Crippen molar-refractivity contribution in [3.05, 3.63) is 81.2 Å². The maximum Gasteiger partial charge on any atom is 0.433 e. The van der Waals surface area contributed by atoms with Crippen LogP contribution < -0.4 is 5.32 Å². The van der Waals surface area contributed by atoms with E-state index in [9.17, 15) is 22.8 Å². The predicted octanol–water partition coefficient (Wildman–Crippen LogP) is 5.06. The minimum absolute atomic E-state index is 0.0234. The first-order chi connectivity index (χ1) is 16.5. The molecule has 0 aliphatic rings. The van der Waals surface area contributed by atoms with Crippen molar-refractivity contribution in [2.45, 2.75) is 12.6 Å². The van der Waals surface area contributed by atoms with Gasteiger partial charge in [-0.3, -0.25) is 9.89 Å². The number of carboxylic acids is 1. The molecule has 0 saturated carbocycles. The summed E-state index contributed by atoms with van der Waals surface area (Å²) in [6, 6.07) is 6.72. The molecular formula is C21H13Cl2F3N6O3. The lowest BCUT2D eigenvalue weighted by Crippen LogP contribution is -2.14. The monoisotopic (exact) mass is 524 g/mol. The van der Waals surface area contributed by atoms with Gasteiger partial charge in [0.15, 0.2) is 5.82 Å². The Morgan fingerprint density at radius 2 is 1.86 bits per heavy atom. The molecular weight excluding hydrogens is 512 g/mol. The molecule has 0 spiro atoms. The summed E-state index contributed by atoms with van der Waals surface area (Å²) in [7, 11) is 0. The fraction of sp³-hybridized carbons (Fsp3) is 0.0952. The average molecular weight is 525 g/mol. The van der Waals surface area contributed by atoms with Crippen LogP contribution in [0.1, 0.15) is 37.9 Å². The van der Waals surface area contributed by atoms with Crippen molar-refractivity contribution < 1.29 is 27.9 Å². The van der Waals surface area contributed by atoms with E-state index in [0.717, 1.165) is 0 Å². The van der Waals surface area contributed by atoms with Crippen LogP contribution in [0, 0.1) is 0 Å². The smallest absolute Gasteiger partial charge is 0.433 e. The van der Waals surface area contributed by atoms with E-state index in [1.54, 1.807) is 0 Å². The Balaban J connectivity index is 1.58. The number of carbonyl (C=O) groups is 2. The molecule has 4 aromatic rings. The number of pyridine rings is 1. The molecule has 0 unspecified atom stereocenters. The Hall–Kier alpha value is -3.90. The lowest BCUT2D eigenvalue weighted by Gasteiger charge is -2.08. The SMILES string of the molecule is O=C(Nc1ccc(C(=O)O)c(Cl)c1)c1ncc(Cc2c(-c3ccc(Cl)nc3)n[nH]c2C(F)(F)F)[nH]1. The Morgan fingerprint density at radius 1 is 1.09 bits per heavy atom. The molecule has 3 heterocycles. The third-order valence-electron chi connectivity index (χ3n) is 4.82. The zero-order valence-electron chi connectivity index (χ0n) is 17.2. The third kappa shape index (κ3) is 5.28. The molecule has 35 heavy (non-hydrogen) atoms. The number of alkyl halides is 3. The summed E-state index contributed by atoms with van der Waals surface area (Å²) < 4.78 is 40.8. The van der Waals surface area contributed by atoms with Gasteiger partial charge >= 0.3 is 12.1 Å². The van der Waals surface area contributed by atoms with Crippen LogP contribution in [0.2, 0.25) is 10.2 Å². The molecule has 0 bridgehead atoms. The van der Waals surface area contributed by atoms with Crippen molar-refractivity contribution >= 4 is 40.8 Å². The Labute approximate surface area is 204 Å². The molecule has 180 valence electrons. The number of benzene rings is 1. The highest BCUT2D eigenvalue weighted by atomic mass is 35.5. The summed E-state index contributed by atoms with van der Waals surface area (Å²) in [5, 5.41) is 17.4. The third-order valence-corrected chi connectivity index (χ3v) is 5.36. The number of amides is 1. The number of aromatic amines is 2. The molecule has 1 amide bonds. The van der Waals surface area contributed by atoms with Crippen molar-refractivity contribution in [1.82, 2.24) is 25.1 Å². The normalized spacial score (nSPS) is 11.5. The number of rotatable bonds is 6. The van der Waals surface area contributed by atoms with Crippen molar-refractivity contribution in [1.29, 1.82) is 0 Å². The topological polar surface area (TPSA) is 137 Å². The van der Waals surface area contributed by atoms with E-state index in [4.69, 9.17) is 28.3 Å². The van der Waals surface area contributed by atoms with Crippen LogP contribution in [-0.4, -0.2) is 42.1 Å². The summed E-state index contributed by atoms with van der Waals surface area (Å²) in [5.74, 6) is -2.11. The number of carbonyl (C=O) groups excluding carboxylic acids is 1. The summed E-state index contributed by atoms with van der Waals surface area (Å²) in [4.78, 5) is 34.1. The molecule has 0 aliphatic heterocycles. The second kappa shape index (κ2) is 9.39. The predicted molar refractivity (Wildman–Crippen MR) is 120 cm³/mol. The van der Waals surface area contributed by atoms with Crippen LogP contribution in [0.3, 0.4) is 0 Å². The molecule has 3 aromatic heterocycles. The van der Waals surface area contributed by atoms with Crippen LogP contribution in [0.15, 0.2) is 42.7 Å². The number of hydrogen-bond donors (Lipinski definition) is 4. The van der Waals surface area contributed by atoms with E-state index in [2.05, 4.69) is 25.4 Å². The van der Waals surface area contributed by atoms with Gasteiger partial charge in [0.05, 0.1) is 16.3 Å². The number of nitrogens with zero attached hydrogens (tertiary/aromatic N) is 3. The summed E-state index contributed by atoms with van der Waals surface area (Å²) in [5.41, 5.74) is -0.605. The van der Waals surface area contributed by atoms with Gasteiger partial charge in [0, 0.05) is 41.3 Å². The Kier molecular flexibility index (Phi) is 6.50. The van der Waals surface area contributed by atoms with Gasteiger partial charge in [-0.15, -0.1) is 0 Å². The maximum absolute atomic E-state index is 13.6. The molecule has 4 rings (SSSR count). The van der Waals surface area contributed by atoms with Gasteiger partial charge in [0.2, 0.25) is 0 Å². The van der Waals surface area contributed by atoms with E-state index in [1.807, 2.05) is 5.10 Å². The fourth-order valence-electron chi connectivity index (χ4n) is 3.24. The van der Waals surface area contributed by atoms with E-state index >= 15 is 0 Å². The van der Waals surface area contributed by atoms with Gasteiger partial charge in [-0.1, -0.05) is 23.2 Å². The quantitative estimate of drug-likeness (QED) is 0.260. The Bertz CT molecular complexity index is 1420. The first-order valence-electron chi connectivity index (χ1n) is 9.67. The summed E-state index contributed by atoms with van der Waals surface area (Å²) in [6.45, 7) is 0. The average Bonchev–Trinajstić information content (AvgIpc) is 3.42. The summed E-state index contributed by atoms with van der Waals surface area (Å²) in [6.07, 6.45) is -2.45. The molecule has 0 saturated heterocycles. The van der Waals surface area contributed by atoms with E-state index in [-0.39, 0.29) is 50.6 Å². The molecule has 0 atom stereocenters. The first kappa shape index (κ1) is 24.2. The van der Waals surface area contributed by atoms with E-state index in [0.29, 0.717) is 5.56 Å². The summed E-state index contributed by atoms with van der Waals surface area (Å²) >= 11 is 11.7. The lowest BCUT2D eigenvalue weighted by atomic mass is 10.0. The van der Waals surface area contributed by atoms with Crippen molar-refractivity contribution in [2.75, 3.05) is 5.32 Å². The highest BCUT2D eigenvalue weighted by molar-refractivity contribution is 6.33. The second-order valence-electron chi connectivity index (χ2n) is 7.18. The van der Waals surface area contributed by atoms with Crippen LogP contribution in [0.5, 0.6) is 0 Å². The van der Waals surface area contributed by atoms with Crippen LogP contribution >= 0.6 is 23.2 Å². The van der Waals surface area contributed by atoms with Gasteiger partial charge in [-0.25, -0.2) is 14.8 Å². The van der Waals surface area contributed by atoms with E-state index in [1.165, 1.54) is 42.7 Å². The van der Waals surface area contributed by atoms with Crippen LogP contribution in [0.25, 0.3) is 11.3 Å². The van der Waals surface area contributed by atoms with Crippen molar-refractivity contribution in [3.63, 3.8) is 0 Å². The fourth-order valence-corrected chi connectivity index (χ4v) is 3.61.